The number of amides is 1. The largest absolute Gasteiger partial charge is 0.352 e. The van der Waals surface area contributed by atoms with Crippen LogP contribution in [-0.4, -0.2) is 17.4 Å². The molecule has 2 aromatic carbocycles. The Kier molecular flexibility index (Phi) is 5.03. The second-order valence-electron chi connectivity index (χ2n) is 5.45. The Labute approximate surface area is 150 Å². The summed E-state index contributed by atoms with van der Waals surface area (Å²) in [5, 5.41) is 4.81. The van der Waals surface area contributed by atoms with E-state index in [1.807, 2.05) is 37.3 Å². The first-order chi connectivity index (χ1) is 11.6. The fourth-order valence-corrected chi connectivity index (χ4v) is 3.04. The number of pyridine rings is 1. The van der Waals surface area contributed by atoms with Gasteiger partial charge in [-0.2, -0.15) is 0 Å². The Bertz CT molecular complexity index is 909. The minimum atomic E-state index is -0.109. The van der Waals surface area contributed by atoms with Crippen molar-refractivity contribution in [3.05, 3.63) is 64.1 Å². The van der Waals surface area contributed by atoms with Crippen LogP contribution in [0.2, 0.25) is 10.0 Å². The van der Waals surface area contributed by atoms with Crippen molar-refractivity contribution in [1.82, 2.24) is 10.3 Å². The van der Waals surface area contributed by atoms with Gasteiger partial charge < -0.3 is 5.32 Å². The topological polar surface area (TPSA) is 42.0 Å². The maximum Gasteiger partial charge on any atom is 0.252 e. The van der Waals surface area contributed by atoms with E-state index in [4.69, 9.17) is 23.2 Å². The van der Waals surface area contributed by atoms with Gasteiger partial charge in [0.15, 0.2) is 0 Å². The highest BCUT2D eigenvalue weighted by Gasteiger charge is 2.15. The number of nitrogens with zero attached hydrogens (tertiary/aromatic N) is 1. The van der Waals surface area contributed by atoms with Gasteiger partial charge in [-0.25, -0.2) is 4.98 Å². The van der Waals surface area contributed by atoms with E-state index in [-0.39, 0.29) is 5.91 Å². The molecule has 1 aromatic heterocycles. The van der Waals surface area contributed by atoms with Gasteiger partial charge in [-0.05, 0) is 36.8 Å². The number of aromatic nitrogens is 1. The van der Waals surface area contributed by atoms with Crippen molar-refractivity contribution in [1.29, 1.82) is 0 Å². The predicted octanol–water partition coefficient (Wildman–Crippen LogP) is 5.35. The molecule has 0 aliphatic heterocycles. The zero-order valence-electron chi connectivity index (χ0n) is 13.1. The summed E-state index contributed by atoms with van der Waals surface area (Å²) >= 11 is 12.3. The van der Waals surface area contributed by atoms with Crippen molar-refractivity contribution in [2.24, 2.45) is 0 Å². The van der Waals surface area contributed by atoms with E-state index in [2.05, 4.69) is 10.3 Å². The summed E-state index contributed by atoms with van der Waals surface area (Å²) in [7, 11) is 0. The Balaban J connectivity index is 2.18. The van der Waals surface area contributed by atoms with Crippen LogP contribution in [-0.2, 0) is 0 Å². The molecule has 1 heterocycles. The highest BCUT2D eigenvalue weighted by Crippen LogP contribution is 2.31. The van der Waals surface area contributed by atoms with Crippen molar-refractivity contribution in [2.75, 3.05) is 6.54 Å². The number of hydrogen-bond donors (Lipinski definition) is 1. The van der Waals surface area contributed by atoms with Crippen LogP contribution < -0.4 is 5.32 Å². The van der Waals surface area contributed by atoms with Crippen molar-refractivity contribution in [2.45, 2.75) is 13.3 Å². The summed E-state index contributed by atoms with van der Waals surface area (Å²) in [6.07, 6.45) is 0.880. The van der Waals surface area contributed by atoms with Crippen molar-refractivity contribution in [3.63, 3.8) is 0 Å². The molecule has 1 N–H and O–H groups in total. The van der Waals surface area contributed by atoms with E-state index < -0.39 is 0 Å². The summed E-state index contributed by atoms with van der Waals surface area (Å²) in [5.74, 6) is -0.109. The maximum absolute atomic E-state index is 12.5. The predicted molar refractivity (Wildman–Crippen MR) is 99.8 cm³/mol. The third-order valence-electron chi connectivity index (χ3n) is 3.70. The molecule has 3 rings (SSSR count). The minimum absolute atomic E-state index is 0.109. The first-order valence-corrected chi connectivity index (χ1v) is 8.49. The molecule has 0 unspecified atom stereocenters. The van der Waals surface area contributed by atoms with Crippen molar-refractivity contribution in [3.8, 4) is 11.3 Å². The van der Waals surface area contributed by atoms with Gasteiger partial charge in [-0.1, -0.05) is 48.3 Å². The molecule has 0 saturated heterocycles. The van der Waals surface area contributed by atoms with Crippen LogP contribution in [0, 0.1) is 0 Å². The molecular formula is C19H16Cl2N2O. The number of rotatable bonds is 4. The van der Waals surface area contributed by atoms with E-state index in [1.165, 1.54) is 0 Å². The van der Waals surface area contributed by atoms with Gasteiger partial charge in [0, 0.05) is 22.5 Å². The van der Waals surface area contributed by atoms with Gasteiger partial charge in [-0.15, -0.1) is 0 Å². The molecule has 0 saturated carbocycles. The number of nitrogens with one attached hydrogen (secondary N) is 1. The quantitative estimate of drug-likeness (QED) is 0.682. The Morgan fingerprint density at radius 1 is 1.12 bits per heavy atom. The number of para-hydroxylation sites is 1. The lowest BCUT2D eigenvalue weighted by molar-refractivity contribution is 0.0955. The highest BCUT2D eigenvalue weighted by molar-refractivity contribution is 6.36. The summed E-state index contributed by atoms with van der Waals surface area (Å²) in [6.45, 7) is 2.65. The molecule has 1 amide bonds. The zero-order valence-corrected chi connectivity index (χ0v) is 14.7. The fraction of sp³-hybridized carbons (Fsp3) is 0.158. The van der Waals surface area contributed by atoms with Crippen molar-refractivity contribution >= 4 is 40.0 Å². The van der Waals surface area contributed by atoms with Gasteiger partial charge in [-0.3, -0.25) is 4.79 Å². The SMILES string of the molecule is CCCNC(=O)c1cc(-c2ccc(Cl)cc2Cl)nc2ccccc12. The van der Waals surface area contributed by atoms with Crippen LogP contribution in [0.5, 0.6) is 0 Å². The van der Waals surface area contributed by atoms with Crippen LogP contribution >= 0.6 is 23.2 Å². The highest BCUT2D eigenvalue weighted by atomic mass is 35.5. The number of halogens is 2. The fourth-order valence-electron chi connectivity index (χ4n) is 2.53. The summed E-state index contributed by atoms with van der Waals surface area (Å²) in [5.41, 5.74) is 2.74. The Hall–Kier alpha value is -2.10. The van der Waals surface area contributed by atoms with Crippen LogP contribution in [0.1, 0.15) is 23.7 Å². The molecule has 24 heavy (non-hydrogen) atoms. The molecule has 0 spiro atoms. The Morgan fingerprint density at radius 3 is 2.67 bits per heavy atom. The minimum Gasteiger partial charge on any atom is -0.352 e. The van der Waals surface area contributed by atoms with Gasteiger partial charge >= 0.3 is 0 Å². The maximum atomic E-state index is 12.5. The lowest BCUT2D eigenvalue weighted by Crippen LogP contribution is -2.24. The molecule has 122 valence electrons. The van der Waals surface area contributed by atoms with E-state index in [0.29, 0.717) is 27.8 Å². The molecule has 0 aliphatic rings. The third-order valence-corrected chi connectivity index (χ3v) is 4.25. The van der Waals surface area contributed by atoms with E-state index in [1.54, 1.807) is 18.2 Å². The van der Waals surface area contributed by atoms with Crippen LogP contribution in [0.25, 0.3) is 22.2 Å². The van der Waals surface area contributed by atoms with Gasteiger partial charge in [0.25, 0.3) is 5.91 Å². The van der Waals surface area contributed by atoms with Gasteiger partial charge in [0.2, 0.25) is 0 Å². The third kappa shape index (κ3) is 3.37. The summed E-state index contributed by atoms with van der Waals surface area (Å²) < 4.78 is 0. The normalized spacial score (nSPS) is 10.8. The zero-order chi connectivity index (χ0) is 17.1. The second kappa shape index (κ2) is 7.20. The first kappa shape index (κ1) is 16.7. The van der Waals surface area contributed by atoms with Crippen molar-refractivity contribution < 1.29 is 4.79 Å². The molecule has 5 heteroatoms. The first-order valence-electron chi connectivity index (χ1n) is 7.73. The van der Waals surface area contributed by atoms with Gasteiger partial charge in [0.1, 0.15) is 0 Å². The van der Waals surface area contributed by atoms with E-state index in [0.717, 1.165) is 22.9 Å². The van der Waals surface area contributed by atoms with Crippen LogP contribution in [0.3, 0.4) is 0 Å². The summed E-state index contributed by atoms with van der Waals surface area (Å²) in [4.78, 5) is 17.2. The molecule has 0 fully saturated rings. The standard InChI is InChI=1S/C19H16Cl2N2O/c1-2-9-22-19(24)15-11-18(14-8-7-12(20)10-16(14)21)23-17-6-4-3-5-13(15)17/h3-8,10-11H,2,9H2,1H3,(H,22,24). The molecule has 0 bridgehead atoms. The molecule has 3 aromatic rings. The lowest BCUT2D eigenvalue weighted by Gasteiger charge is -2.11. The number of carbonyl (C=O) groups is 1. The average Bonchev–Trinajstić information content (AvgIpc) is 2.58. The molecule has 0 radical (unpaired) electrons. The van der Waals surface area contributed by atoms with Crippen LogP contribution in [0.4, 0.5) is 0 Å². The molecular weight excluding hydrogens is 343 g/mol. The lowest BCUT2D eigenvalue weighted by atomic mass is 10.0. The monoisotopic (exact) mass is 358 g/mol. The van der Waals surface area contributed by atoms with Gasteiger partial charge in [0.05, 0.1) is 21.8 Å². The number of carbonyl (C=O) groups excluding carboxylic acids is 1. The average molecular weight is 359 g/mol. The smallest absolute Gasteiger partial charge is 0.252 e. The van der Waals surface area contributed by atoms with Crippen LogP contribution in [0.15, 0.2) is 48.5 Å². The molecule has 0 atom stereocenters. The number of hydrogen-bond acceptors (Lipinski definition) is 2. The number of benzene rings is 2. The number of fused-ring (bicyclic) bond motifs is 1. The van der Waals surface area contributed by atoms with E-state index >= 15 is 0 Å². The second-order valence-corrected chi connectivity index (χ2v) is 6.30. The molecule has 3 nitrogen and oxygen atoms in total. The summed E-state index contributed by atoms with van der Waals surface area (Å²) in [6, 6.07) is 14.6. The Morgan fingerprint density at radius 2 is 1.92 bits per heavy atom. The molecule has 0 aliphatic carbocycles. The van der Waals surface area contributed by atoms with E-state index in [9.17, 15) is 4.79 Å².